The minimum Gasteiger partial charge on any atom is -0.300 e. The van der Waals surface area contributed by atoms with Gasteiger partial charge in [0.2, 0.25) is 0 Å². The summed E-state index contributed by atoms with van der Waals surface area (Å²) < 4.78 is 0. The van der Waals surface area contributed by atoms with Crippen molar-refractivity contribution in [1.29, 1.82) is 0 Å². The van der Waals surface area contributed by atoms with Crippen LogP contribution in [0, 0.1) is 34.5 Å². The molecule has 0 aromatic heterocycles. The van der Waals surface area contributed by atoms with Gasteiger partial charge in [-0.05, 0) is 86.5 Å². The highest BCUT2D eigenvalue weighted by Crippen LogP contribution is 2.66. The predicted octanol–water partition coefficient (Wildman–Crippen LogP) is 4.72. The highest BCUT2D eigenvalue weighted by Gasteiger charge is 2.59. The first-order valence-corrected chi connectivity index (χ1v) is 9.60. The quantitative estimate of drug-likeness (QED) is 0.701. The van der Waals surface area contributed by atoms with Crippen LogP contribution in [0.1, 0.15) is 72.1 Å². The van der Waals surface area contributed by atoms with Gasteiger partial charge in [-0.1, -0.05) is 19.4 Å². The van der Waals surface area contributed by atoms with Crippen LogP contribution in [0.3, 0.4) is 0 Å². The fourth-order valence-corrected chi connectivity index (χ4v) is 7.23. The Morgan fingerprint density at radius 1 is 1.04 bits per heavy atom. The third-order valence-corrected chi connectivity index (χ3v) is 8.45. The van der Waals surface area contributed by atoms with E-state index in [0.29, 0.717) is 17.5 Å². The second-order valence-corrected chi connectivity index (χ2v) is 9.25. The van der Waals surface area contributed by atoms with Crippen molar-refractivity contribution in [3.05, 3.63) is 11.6 Å². The Morgan fingerprint density at radius 3 is 2.57 bits per heavy atom. The molecule has 0 aromatic carbocycles. The Hall–Kier alpha value is -0.920. The molecule has 4 aliphatic rings. The van der Waals surface area contributed by atoms with Gasteiger partial charge in [0.1, 0.15) is 5.78 Å². The summed E-state index contributed by atoms with van der Waals surface area (Å²) >= 11 is 0. The van der Waals surface area contributed by atoms with E-state index in [1.807, 2.05) is 6.08 Å². The van der Waals surface area contributed by atoms with E-state index < -0.39 is 0 Å². The minimum absolute atomic E-state index is 0.245. The molecular formula is C21H30O2. The van der Waals surface area contributed by atoms with Gasteiger partial charge in [-0.3, -0.25) is 9.59 Å². The highest BCUT2D eigenvalue weighted by molar-refractivity contribution is 5.91. The maximum Gasteiger partial charge on any atom is 0.155 e. The van der Waals surface area contributed by atoms with E-state index in [9.17, 15) is 9.59 Å². The molecule has 4 aliphatic carbocycles. The van der Waals surface area contributed by atoms with Crippen molar-refractivity contribution >= 4 is 11.6 Å². The molecular weight excluding hydrogens is 284 g/mol. The molecule has 126 valence electrons. The lowest BCUT2D eigenvalue weighted by Gasteiger charge is -2.58. The van der Waals surface area contributed by atoms with E-state index in [1.54, 1.807) is 6.92 Å². The van der Waals surface area contributed by atoms with E-state index in [2.05, 4.69) is 13.8 Å². The van der Waals surface area contributed by atoms with E-state index in [4.69, 9.17) is 0 Å². The van der Waals surface area contributed by atoms with Crippen LogP contribution >= 0.6 is 0 Å². The van der Waals surface area contributed by atoms with Crippen molar-refractivity contribution in [2.45, 2.75) is 72.1 Å². The lowest BCUT2D eigenvalue weighted by Crippen LogP contribution is -2.51. The molecule has 0 aliphatic heterocycles. The highest BCUT2D eigenvalue weighted by atomic mass is 16.1. The molecule has 3 fully saturated rings. The molecule has 0 saturated heterocycles. The van der Waals surface area contributed by atoms with Gasteiger partial charge in [-0.15, -0.1) is 0 Å². The van der Waals surface area contributed by atoms with Gasteiger partial charge in [0.25, 0.3) is 0 Å². The molecule has 3 saturated carbocycles. The molecule has 0 unspecified atom stereocenters. The number of carbonyl (C=O) groups is 2. The van der Waals surface area contributed by atoms with Crippen LogP contribution in [0.5, 0.6) is 0 Å². The molecule has 0 spiro atoms. The normalized spacial score (nSPS) is 49.0. The van der Waals surface area contributed by atoms with Crippen LogP contribution < -0.4 is 0 Å². The Balaban J connectivity index is 1.67. The Morgan fingerprint density at radius 2 is 1.83 bits per heavy atom. The standard InChI is InChI=1S/C21H30O2/c1-13(22)17-6-7-18-16-5-4-14-12-15(23)8-10-20(14,2)19(16)9-11-21(17,18)3/h12,16-19H,4-11H2,1-3H3/t16-,17+,18-,19-,20+,21-/m1/s1. The summed E-state index contributed by atoms with van der Waals surface area (Å²) in [6, 6.07) is 0. The molecule has 6 atom stereocenters. The molecule has 0 amide bonds. The van der Waals surface area contributed by atoms with Crippen molar-refractivity contribution in [2.24, 2.45) is 34.5 Å². The van der Waals surface area contributed by atoms with Crippen molar-refractivity contribution in [3.63, 3.8) is 0 Å². The van der Waals surface area contributed by atoms with Gasteiger partial charge in [-0.2, -0.15) is 0 Å². The average Bonchev–Trinajstić information content (AvgIpc) is 2.85. The van der Waals surface area contributed by atoms with Gasteiger partial charge in [0.15, 0.2) is 5.78 Å². The van der Waals surface area contributed by atoms with Gasteiger partial charge in [0, 0.05) is 12.3 Å². The zero-order valence-electron chi connectivity index (χ0n) is 14.9. The summed E-state index contributed by atoms with van der Waals surface area (Å²) in [4.78, 5) is 24.0. The largest absolute Gasteiger partial charge is 0.300 e. The number of Topliss-reactive ketones (excluding diaryl/α,β-unsaturated/α-hetero) is 1. The number of ketones is 2. The molecule has 0 heterocycles. The summed E-state index contributed by atoms with van der Waals surface area (Å²) in [7, 11) is 0. The van der Waals surface area contributed by atoms with Gasteiger partial charge < -0.3 is 0 Å². The summed E-state index contributed by atoms with van der Waals surface area (Å²) in [5.41, 5.74) is 1.95. The lowest BCUT2D eigenvalue weighted by molar-refractivity contribution is -0.128. The first-order chi connectivity index (χ1) is 10.9. The third kappa shape index (κ3) is 2.06. The number of rotatable bonds is 1. The van der Waals surface area contributed by atoms with Crippen LogP contribution in [0.15, 0.2) is 11.6 Å². The molecule has 4 rings (SSSR count). The van der Waals surface area contributed by atoms with Gasteiger partial charge >= 0.3 is 0 Å². The fourth-order valence-electron chi connectivity index (χ4n) is 7.23. The maximum atomic E-state index is 12.1. The van der Waals surface area contributed by atoms with E-state index >= 15 is 0 Å². The van der Waals surface area contributed by atoms with Crippen molar-refractivity contribution < 1.29 is 9.59 Å². The maximum absolute atomic E-state index is 12.1. The van der Waals surface area contributed by atoms with E-state index in [-0.39, 0.29) is 10.8 Å². The number of hydrogen-bond acceptors (Lipinski definition) is 2. The SMILES string of the molecule is CC(=O)[C@@H]1CC[C@@H]2[C@H]3CCC4=CC(=O)CC[C@]4(C)[C@@H]3CC[C@@]21C. The zero-order chi connectivity index (χ0) is 16.4. The summed E-state index contributed by atoms with van der Waals surface area (Å²) in [6.07, 6.45) is 10.9. The van der Waals surface area contributed by atoms with Crippen molar-refractivity contribution in [3.8, 4) is 0 Å². The topological polar surface area (TPSA) is 34.1 Å². The summed E-state index contributed by atoms with van der Waals surface area (Å²) in [5.74, 6) is 3.29. The van der Waals surface area contributed by atoms with Crippen molar-refractivity contribution in [1.82, 2.24) is 0 Å². The summed E-state index contributed by atoms with van der Waals surface area (Å²) in [5, 5.41) is 0. The van der Waals surface area contributed by atoms with Crippen LogP contribution in [0.25, 0.3) is 0 Å². The first kappa shape index (κ1) is 15.6. The smallest absolute Gasteiger partial charge is 0.155 e. The van der Waals surface area contributed by atoms with Gasteiger partial charge in [-0.25, -0.2) is 0 Å². The zero-order valence-corrected chi connectivity index (χ0v) is 14.9. The Labute approximate surface area is 140 Å². The van der Waals surface area contributed by atoms with Crippen LogP contribution in [0.2, 0.25) is 0 Å². The first-order valence-electron chi connectivity index (χ1n) is 9.60. The monoisotopic (exact) mass is 314 g/mol. The number of allylic oxidation sites excluding steroid dienone is 1. The molecule has 2 heteroatoms. The fraction of sp³-hybridized carbons (Fsp3) is 0.810. The number of hydrogen-bond donors (Lipinski definition) is 0. The number of fused-ring (bicyclic) bond motifs is 5. The molecule has 2 nitrogen and oxygen atoms in total. The average molecular weight is 314 g/mol. The molecule has 0 N–H and O–H groups in total. The van der Waals surface area contributed by atoms with Crippen LogP contribution in [-0.2, 0) is 9.59 Å². The van der Waals surface area contributed by atoms with Crippen LogP contribution in [-0.4, -0.2) is 11.6 Å². The van der Waals surface area contributed by atoms with Gasteiger partial charge in [0.05, 0.1) is 0 Å². The molecule has 0 bridgehead atoms. The molecule has 0 radical (unpaired) electrons. The molecule has 0 aromatic rings. The Kier molecular flexibility index (Phi) is 3.42. The Bertz CT molecular complexity index is 589. The number of carbonyl (C=O) groups excluding carboxylic acids is 2. The second kappa shape index (κ2) is 5.04. The van der Waals surface area contributed by atoms with E-state index in [0.717, 1.165) is 43.4 Å². The lowest BCUT2D eigenvalue weighted by atomic mass is 9.47. The summed E-state index contributed by atoms with van der Waals surface area (Å²) in [6.45, 7) is 6.65. The predicted molar refractivity (Wildman–Crippen MR) is 90.9 cm³/mol. The minimum atomic E-state index is 0.245. The third-order valence-electron chi connectivity index (χ3n) is 8.45. The second-order valence-electron chi connectivity index (χ2n) is 9.25. The van der Waals surface area contributed by atoms with Crippen LogP contribution in [0.4, 0.5) is 0 Å². The molecule has 23 heavy (non-hydrogen) atoms. The van der Waals surface area contributed by atoms with E-state index in [1.165, 1.54) is 31.3 Å². The van der Waals surface area contributed by atoms with Crippen molar-refractivity contribution in [2.75, 3.05) is 0 Å².